The molecule has 0 amide bonds. The number of nitrogens with one attached hydrogen (secondary N) is 2. The summed E-state index contributed by atoms with van der Waals surface area (Å²) in [7, 11) is -4.03. The first-order valence-electron chi connectivity index (χ1n) is 5.71. The highest BCUT2D eigenvalue weighted by Gasteiger charge is 2.26. The molecule has 9 nitrogen and oxygen atoms in total. The molecule has 112 valence electrons. The fourth-order valence-corrected chi connectivity index (χ4v) is 2.67. The van der Waals surface area contributed by atoms with Crippen LogP contribution in [0.25, 0.3) is 0 Å². The van der Waals surface area contributed by atoms with E-state index in [9.17, 15) is 18.0 Å². The van der Waals surface area contributed by atoms with Crippen molar-refractivity contribution in [1.82, 2.24) is 14.7 Å². The van der Waals surface area contributed by atoms with Gasteiger partial charge in [0.25, 0.3) is 10.0 Å². The second-order valence-electron chi connectivity index (χ2n) is 4.13. The van der Waals surface area contributed by atoms with Gasteiger partial charge in [0.1, 0.15) is 11.9 Å². The van der Waals surface area contributed by atoms with E-state index in [0.717, 1.165) is 6.20 Å². The normalized spacial score (nSPS) is 13.1. The van der Waals surface area contributed by atoms with Crippen molar-refractivity contribution in [3.8, 4) is 0 Å². The third-order valence-corrected chi connectivity index (χ3v) is 3.83. The Balaban J connectivity index is 2.74. The molecular formula is C10H15N3O6S. The summed E-state index contributed by atoms with van der Waals surface area (Å²) >= 11 is 0. The fraction of sp³-hybridized carbons (Fsp3) is 0.500. The summed E-state index contributed by atoms with van der Waals surface area (Å²) < 4.78 is 25.8. The van der Waals surface area contributed by atoms with E-state index in [1.807, 2.05) is 4.72 Å². The highest BCUT2D eigenvalue weighted by atomic mass is 32.2. The number of imidazole rings is 1. The lowest BCUT2D eigenvalue weighted by Crippen LogP contribution is -2.40. The van der Waals surface area contributed by atoms with E-state index in [2.05, 4.69) is 9.97 Å². The van der Waals surface area contributed by atoms with E-state index >= 15 is 0 Å². The zero-order chi connectivity index (χ0) is 15.3. The van der Waals surface area contributed by atoms with E-state index in [-0.39, 0.29) is 24.3 Å². The van der Waals surface area contributed by atoms with E-state index in [0.29, 0.717) is 5.82 Å². The van der Waals surface area contributed by atoms with Crippen molar-refractivity contribution < 1.29 is 28.2 Å². The van der Waals surface area contributed by atoms with Gasteiger partial charge in [-0.05, 0) is 19.8 Å². The van der Waals surface area contributed by atoms with Crippen molar-refractivity contribution in [3.05, 3.63) is 12.0 Å². The van der Waals surface area contributed by atoms with Crippen LogP contribution >= 0.6 is 0 Å². The summed E-state index contributed by atoms with van der Waals surface area (Å²) in [5, 5.41) is 17.2. The van der Waals surface area contributed by atoms with Crippen molar-refractivity contribution in [3.63, 3.8) is 0 Å². The van der Waals surface area contributed by atoms with Gasteiger partial charge in [-0.15, -0.1) is 0 Å². The molecule has 0 aliphatic carbocycles. The lowest BCUT2D eigenvalue weighted by molar-refractivity contribution is -0.140. The van der Waals surface area contributed by atoms with Crippen LogP contribution in [0.4, 0.5) is 0 Å². The molecule has 10 heteroatoms. The Morgan fingerprint density at radius 3 is 2.55 bits per heavy atom. The molecule has 0 spiro atoms. The molecule has 0 aliphatic heterocycles. The Morgan fingerprint density at radius 1 is 1.45 bits per heavy atom. The summed E-state index contributed by atoms with van der Waals surface area (Å²) in [6.45, 7) is 1.56. The lowest BCUT2D eigenvalue weighted by Gasteiger charge is -2.13. The maximum absolute atomic E-state index is 11.9. The van der Waals surface area contributed by atoms with Crippen molar-refractivity contribution in [2.75, 3.05) is 0 Å². The number of aryl methyl sites for hydroxylation is 1. The minimum Gasteiger partial charge on any atom is -0.481 e. The molecule has 1 heterocycles. The Labute approximate surface area is 115 Å². The number of H-pyrrole nitrogens is 1. The van der Waals surface area contributed by atoms with Crippen LogP contribution in [-0.2, 0) is 19.6 Å². The van der Waals surface area contributed by atoms with Gasteiger partial charge in [-0.1, -0.05) is 0 Å². The van der Waals surface area contributed by atoms with Gasteiger partial charge in [-0.25, -0.2) is 13.4 Å². The average molecular weight is 305 g/mol. The van der Waals surface area contributed by atoms with Gasteiger partial charge < -0.3 is 15.2 Å². The van der Waals surface area contributed by atoms with Crippen LogP contribution in [-0.4, -0.2) is 46.6 Å². The summed E-state index contributed by atoms with van der Waals surface area (Å²) in [5.74, 6) is -2.06. The molecule has 1 aromatic rings. The highest BCUT2D eigenvalue weighted by molar-refractivity contribution is 7.89. The van der Waals surface area contributed by atoms with Crippen molar-refractivity contribution in [2.45, 2.75) is 37.3 Å². The van der Waals surface area contributed by atoms with Crippen LogP contribution < -0.4 is 4.72 Å². The van der Waals surface area contributed by atoms with Gasteiger partial charge in [0, 0.05) is 6.42 Å². The molecule has 1 aromatic heterocycles. The number of nitrogens with zero attached hydrogens (tertiary/aromatic N) is 1. The molecular weight excluding hydrogens is 290 g/mol. The molecule has 0 radical (unpaired) electrons. The van der Waals surface area contributed by atoms with Crippen LogP contribution in [0.2, 0.25) is 0 Å². The molecule has 0 bridgehead atoms. The quantitative estimate of drug-likeness (QED) is 0.515. The lowest BCUT2D eigenvalue weighted by atomic mass is 10.1. The number of sulfonamides is 1. The Morgan fingerprint density at radius 2 is 2.10 bits per heavy atom. The molecule has 0 unspecified atom stereocenters. The topological polar surface area (TPSA) is 149 Å². The summed E-state index contributed by atoms with van der Waals surface area (Å²) in [6.07, 6.45) is 0.785. The molecule has 0 saturated carbocycles. The third-order valence-electron chi connectivity index (χ3n) is 2.45. The number of hydrogen-bond donors (Lipinski definition) is 4. The number of carbonyl (C=O) groups is 2. The van der Waals surface area contributed by atoms with Gasteiger partial charge >= 0.3 is 11.9 Å². The van der Waals surface area contributed by atoms with Crippen LogP contribution in [0, 0.1) is 6.92 Å². The predicted octanol–water partition coefficient (Wildman–Crippen LogP) is -0.295. The number of aromatic amines is 1. The standard InChI is InChI=1S/C10H15N3O6S/c1-6-11-5-8(12-6)20(18,19)13-7(10(16)17)3-2-4-9(14)15/h5,7,13H,2-4H2,1H3,(H,11,12)(H,14,15)(H,16,17)/t7-/m1/s1. The second-order valence-corrected chi connectivity index (χ2v) is 5.81. The Kier molecular flexibility index (Phi) is 5.22. The van der Waals surface area contributed by atoms with Gasteiger partial charge in [-0.3, -0.25) is 9.59 Å². The SMILES string of the molecule is Cc1ncc(S(=O)(=O)N[C@H](CCCC(=O)O)C(=O)O)[nH]1. The molecule has 1 rings (SSSR count). The van der Waals surface area contributed by atoms with E-state index < -0.39 is 28.0 Å². The van der Waals surface area contributed by atoms with E-state index in [1.165, 1.54) is 0 Å². The van der Waals surface area contributed by atoms with Crippen molar-refractivity contribution in [2.24, 2.45) is 0 Å². The Hall–Kier alpha value is -1.94. The van der Waals surface area contributed by atoms with Gasteiger partial charge in [0.2, 0.25) is 0 Å². The van der Waals surface area contributed by atoms with Gasteiger partial charge in [0.05, 0.1) is 6.20 Å². The summed E-state index contributed by atoms with van der Waals surface area (Å²) in [4.78, 5) is 27.6. The number of rotatable bonds is 8. The maximum atomic E-state index is 11.9. The largest absolute Gasteiger partial charge is 0.481 e. The van der Waals surface area contributed by atoms with E-state index in [4.69, 9.17) is 10.2 Å². The molecule has 0 aromatic carbocycles. The van der Waals surface area contributed by atoms with Crippen LogP contribution in [0.3, 0.4) is 0 Å². The van der Waals surface area contributed by atoms with Crippen LogP contribution in [0.15, 0.2) is 11.2 Å². The van der Waals surface area contributed by atoms with Gasteiger partial charge in [-0.2, -0.15) is 4.72 Å². The van der Waals surface area contributed by atoms with Crippen LogP contribution in [0.1, 0.15) is 25.1 Å². The second kappa shape index (κ2) is 6.48. The fourth-order valence-electron chi connectivity index (χ4n) is 1.48. The molecule has 20 heavy (non-hydrogen) atoms. The highest BCUT2D eigenvalue weighted by Crippen LogP contribution is 2.09. The zero-order valence-electron chi connectivity index (χ0n) is 10.7. The maximum Gasteiger partial charge on any atom is 0.321 e. The number of aliphatic carboxylic acids is 2. The molecule has 1 atom stereocenters. The smallest absolute Gasteiger partial charge is 0.321 e. The predicted molar refractivity (Wildman–Crippen MR) is 66.6 cm³/mol. The first-order chi connectivity index (χ1) is 9.22. The van der Waals surface area contributed by atoms with Crippen molar-refractivity contribution in [1.29, 1.82) is 0 Å². The molecule has 0 aliphatic rings. The third kappa shape index (κ3) is 4.63. The van der Waals surface area contributed by atoms with Crippen molar-refractivity contribution >= 4 is 22.0 Å². The monoisotopic (exact) mass is 305 g/mol. The number of carboxylic acid groups (broad SMARTS) is 2. The first kappa shape index (κ1) is 16.1. The van der Waals surface area contributed by atoms with Crippen LogP contribution in [0.5, 0.6) is 0 Å². The molecule has 0 saturated heterocycles. The number of aromatic nitrogens is 2. The zero-order valence-corrected chi connectivity index (χ0v) is 11.5. The minimum atomic E-state index is -4.03. The first-order valence-corrected chi connectivity index (χ1v) is 7.19. The summed E-state index contributed by atoms with van der Waals surface area (Å²) in [5.41, 5.74) is 0. The average Bonchev–Trinajstić information content (AvgIpc) is 2.74. The van der Waals surface area contributed by atoms with Gasteiger partial charge in [0.15, 0.2) is 5.03 Å². The number of carboxylic acids is 2. The minimum absolute atomic E-state index is 0.0524. The summed E-state index contributed by atoms with van der Waals surface area (Å²) in [6, 6.07) is -1.39. The number of hydrogen-bond acceptors (Lipinski definition) is 5. The van der Waals surface area contributed by atoms with E-state index in [1.54, 1.807) is 6.92 Å². The molecule has 0 fully saturated rings. The Bertz CT molecular complexity index is 594. The molecule has 4 N–H and O–H groups in total.